The molecule has 3 aromatic heterocycles. The summed E-state index contributed by atoms with van der Waals surface area (Å²) in [6.07, 6.45) is 1.74. The summed E-state index contributed by atoms with van der Waals surface area (Å²) in [6, 6.07) is 14.0. The number of hydrogen-bond donors (Lipinski definition) is 1. The molecular formula is C25H28N6OS. The molecule has 1 amide bonds. The van der Waals surface area contributed by atoms with Crippen molar-refractivity contribution in [2.45, 2.75) is 20.4 Å². The van der Waals surface area contributed by atoms with E-state index in [-0.39, 0.29) is 5.91 Å². The van der Waals surface area contributed by atoms with Gasteiger partial charge in [-0.25, -0.2) is 9.67 Å². The molecule has 0 unspecified atom stereocenters. The van der Waals surface area contributed by atoms with Gasteiger partial charge in [0.1, 0.15) is 0 Å². The first-order chi connectivity index (χ1) is 16.2. The van der Waals surface area contributed by atoms with Crippen molar-refractivity contribution in [2.75, 3.05) is 42.9 Å². The van der Waals surface area contributed by atoms with E-state index in [1.165, 1.54) is 0 Å². The third kappa shape index (κ3) is 4.24. The van der Waals surface area contributed by atoms with Crippen LogP contribution in [-0.4, -0.2) is 58.3 Å². The maximum absolute atomic E-state index is 13.6. The minimum atomic E-state index is -0.143. The Morgan fingerprint density at radius 1 is 1.06 bits per heavy atom. The number of rotatable bonds is 6. The van der Waals surface area contributed by atoms with Gasteiger partial charge in [0.25, 0.3) is 5.91 Å². The van der Waals surface area contributed by atoms with Crippen LogP contribution >= 0.6 is 11.3 Å². The van der Waals surface area contributed by atoms with Crippen LogP contribution < -0.4 is 10.2 Å². The first-order valence-electron chi connectivity index (χ1n) is 11.5. The van der Waals surface area contributed by atoms with Crippen molar-refractivity contribution in [1.82, 2.24) is 19.7 Å². The Kier molecular flexibility index (Phi) is 6.11. The molecule has 1 aromatic carbocycles. The summed E-state index contributed by atoms with van der Waals surface area (Å²) in [4.78, 5) is 24.2. The molecule has 170 valence electrons. The number of piperazine rings is 1. The lowest BCUT2D eigenvalue weighted by atomic mass is 10.1. The van der Waals surface area contributed by atoms with Crippen LogP contribution in [0.3, 0.4) is 0 Å². The van der Waals surface area contributed by atoms with Gasteiger partial charge in [-0.05, 0) is 43.1 Å². The number of fused-ring (bicyclic) bond motifs is 1. The fourth-order valence-electron chi connectivity index (χ4n) is 4.37. The van der Waals surface area contributed by atoms with Crippen molar-refractivity contribution < 1.29 is 4.79 Å². The Bertz CT molecular complexity index is 1260. The average Bonchev–Trinajstić information content (AvgIpc) is 3.54. The first kappa shape index (κ1) is 21.6. The summed E-state index contributed by atoms with van der Waals surface area (Å²) >= 11 is 1.61. The number of benzene rings is 1. The molecule has 0 spiro atoms. The number of likely N-dealkylation sites (N-methyl/N-ethyl adjacent to an activating group) is 1. The molecule has 0 aliphatic carbocycles. The van der Waals surface area contributed by atoms with Gasteiger partial charge in [0.05, 0.1) is 39.1 Å². The molecule has 7 nitrogen and oxygen atoms in total. The molecule has 8 heteroatoms. The summed E-state index contributed by atoms with van der Waals surface area (Å²) in [6.45, 7) is 9.96. The number of aromatic nitrogens is 3. The van der Waals surface area contributed by atoms with E-state index in [1.807, 2.05) is 53.4 Å². The zero-order valence-corrected chi connectivity index (χ0v) is 19.8. The van der Waals surface area contributed by atoms with Gasteiger partial charge in [0.2, 0.25) is 0 Å². The maximum Gasteiger partial charge on any atom is 0.256 e. The molecule has 1 fully saturated rings. The lowest BCUT2D eigenvalue weighted by Crippen LogP contribution is -2.46. The van der Waals surface area contributed by atoms with E-state index in [1.54, 1.807) is 17.5 Å². The topological polar surface area (TPSA) is 66.3 Å². The summed E-state index contributed by atoms with van der Waals surface area (Å²) in [7, 11) is 0. The molecule has 1 saturated heterocycles. The largest absolute Gasteiger partial charge is 0.367 e. The summed E-state index contributed by atoms with van der Waals surface area (Å²) in [5, 5.41) is 10.4. The van der Waals surface area contributed by atoms with Crippen LogP contribution in [0.4, 0.5) is 11.4 Å². The number of anilines is 2. The quantitative estimate of drug-likeness (QED) is 0.456. The Balaban J connectivity index is 1.49. The van der Waals surface area contributed by atoms with Gasteiger partial charge in [-0.3, -0.25) is 4.79 Å². The first-order valence-corrected chi connectivity index (χ1v) is 12.3. The van der Waals surface area contributed by atoms with Gasteiger partial charge in [-0.1, -0.05) is 25.1 Å². The molecule has 1 N–H and O–H groups in total. The number of thiophene rings is 1. The smallest absolute Gasteiger partial charge is 0.256 e. The molecule has 0 bridgehead atoms. The highest BCUT2D eigenvalue weighted by Crippen LogP contribution is 2.30. The third-order valence-corrected chi connectivity index (χ3v) is 7.13. The second-order valence-electron chi connectivity index (χ2n) is 8.12. The lowest BCUT2D eigenvalue weighted by Gasteiger charge is -2.36. The highest BCUT2D eigenvalue weighted by molar-refractivity contribution is 7.13. The van der Waals surface area contributed by atoms with E-state index in [0.29, 0.717) is 12.1 Å². The number of nitrogens with one attached hydrogen (secondary N) is 1. The molecule has 1 aliphatic heterocycles. The van der Waals surface area contributed by atoms with Crippen LogP contribution in [0.25, 0.3) is 21.6 Å². The Labute approximate surface area is 197 Å². The van der Waals surface area contributed by atoms with Gasteiger partial charge in [-0.15, -0.1) is 11.3 Å². The van der Waals surface area contributed by atoms with Crippen LogP contribution in [0.1, 0.15) is 24.2 Å². The van der Waals surface area contributed by atoms with E-state index < -0.39 is 0 Å². The zero-order chi connectivity index (χ0) is 22.8. The van der Waals surface area contributed by atoms with Crippen molar-refractivity contribution in [3.63, 3.8) is 0 Å². The van der Waals surface area contributed by atoms with Crippen LogP contribution in [0.5, 0.6) is 0 Å². The molecule has 0 atom stereocenters. The van der Waals surface area contributed by atoms with Crippen LogP contribution in [-0.2, 0) is 6.54 Å². The molecule has 0 saturated carbocycles. The Morgan fingerprint density at radius 2 is 1.88 bits per heavy atom. The van der Waals surface area contributed by atoms with Gasteiger partial charge in [-0.2, -0.15) is 5.10 Å². The highest BCUT2D eigenvalue weighted by Gasteiger charge is 2.21. The normalized spacial score (nSPS) is 14.7. The monoisotopic (exact) mass is 460 g/mol. The molecule has 1 aliphatic rings. The Morgan fingerprint density at radius 3 is 2.61 bits per heavy atom. The zero-order valence-electron chi connectivity index (χ0n) is 19.0. The lowest BCUT2D eigenvalue weighted by molar-refractivity contribution is 0.102. The summed E-state index contributed by atoms with van der Waals surface area (Å²) in [5.41, 5.74) is 4.01. The number of carbonyl (C=O) groups is 1. The second-order valence-corrected chi connectivity index (χ2v) is 9.07. The molecular weight excluding hydrogens is 432 g/mol. The van der Waals surface area contributed by atoms with E-state index >= 15 is 0 Å². The van der Waals surface area contributed by atoms with Gasteiger partial charge < -0.3 is 15.1 Å². The predicted molar refractivity (Wildman–Crippen MR) is 135 cm³/mol. The van der Waals surface area contributed by atoms with Crippen molar-refractivity contribution in [2.24, 2.45) is 0 Å². The molecule has 4 heterocycles. The summed E-state index contributed by atoms with van der Waals surface area (Å²) < 4.78 is 1.84. The number of hydrogen-bond acceptors (Lipinski definition) is 6. The van der Waals surface area contributed by atoms with E-state index in [0.717, 1.165) is 65.7 Å². The number of nitrogens with zero attached hydrogens (tertiary/aromatic N) is 5. The summed E-state index contributed by atoms with van der Waals surface area (Å²) in [5.74, 6) is -0.143. The van der Waals surface area contributed by atoms with Crippen molar-refractivity contribution in [1.29, 1.82) is 0 Å². The second kappa shape index (κ2) is 9.33. The van der Waals surface area contributed by atoms with Crippen molar-refractivity contribution in [3.05, 3.63) is 59.6 Å². The fourth-order valence-corrected chi connectivity index (χ4v) is 5.05. The van der Waals surface area contributed by atoms with E-state index in [2.05, 4.69) is 33.2 Å². The average molecular weight is 461 g/mol. The molecule has 33 heavy (non-hydrogen) atoms. The minimum Gasteiger partial charge on any atom is -0.367 e. The molecule has 5 rings (SSSR count). The van der Waals surface area contributed by atoms with Crippen LogP contribution in [0.2, 0.25) is 0 Å². The van der Waals surface area contributed by atoms with Crippen molar-refractivity contribution >= 4 is 39.7 Å². The standard InChI is InChI=1S/C25H28N6OS/c1-3-29-11-13-30(14-12-29)22-9-6-5-8-20(22)28-25(32)18-16-21(23-10-7-15-33-23)27-24-19(18)17-26-31(24)4-2/h5-10,15-17H,3-4,11-14H2,1-2H3,(H,28,32). The van der Waals surface area contributed by atoms with Gasteiger partial charge in [0, 0.05) is 32.7 Å². The number of para-hydroxylation sites is 2. The minimum absolute atomic E-state index is 0.143. The fraction of sp³-hybridized carbons (Fsp3) is 0.320. The maximum atomic E-state index is 13.6. The Hall–Kier alpha value is -3.23. The molecule has 0 radical (unpaired) electrons. The third-order valence-electron chi connectivity index (χ3n) is 6.24. The van der Waals surface area contributed by atoms with Gasteiger partial charge in [0.15, 0.2) is 5.65 Å². The van der Waals surface area contributed by atoms with Crippen LogP contribution in [0.15, 0.2) is 54.0 Å². The highest BCUT2D eigenvalue weighted by atomic mass is 32.1. The van der Waals surface area contributed by atoms with Crippen LogP contribution in [0, 0.1) is 0 Å². The van der Waals surface area contributed by atoms with E-state index in [4.69, 9.17) is 4.98 Å². The number of aryl methyl sites for hydroxylation is 1. The predicted octanol–water partition coefficient (Wildman–Crippen LogP) is 4.57. The van der Waals surface area contributed by atoms with Crippen molar-refractivity contribution in [3.8, 4) is 10.6 Å². The van der Waals surface area contributed by atoms with E-state index in [9.17, 15) is 4.79 Å². The molecule has 4 aromatic rings. The number of amides is 1. The number of carbonyl (C=O) groups excluding carboxylic acids is 1. The number of pyridine rings is 1. The SMILES string of the molecule is CCN1CCN(c2ccccc2NC(=O)c2cc(-c3cccs3)nc3c2cnn3CC)CC1. The van der Waals surface area contributed by atoms with Gasteiger partial charge >= 0.3 is 0 Å².